The molecule has 8 heteroatoms. The highest BCUT2D eigenvalue weighted by Gasteiger charge is 2.38. The highest BCUT2D eigenvalue weighted by Crippen LogP contribution is 2.36. The second-order valence-corrected chi connectivity index (χ2v) is 12.4. The fourth-order valence-corrected chi connectivity index (χ4v) is 5.71. The van der Waals surface area contributed by atoms with E-state index in [1.807, 2.05) is 57.2 Å². The number of carbonyl (C=O) groups is 2. The number of pyridine rings is 1. The second-order valence-electron chi connectivity index (χ2n) is 11.9. The number of nitrogens with zero attached hydrogens (tertiary/aromatic N) is 3. The molecule has 0 spiro atoms. The van der Waals surface area contributed by atoms with Crippen LogP contribution in [0.4, 0.5) is 16.2 Å². The van der Waals surface area contributed by atoms with Crippen LogP contribution in [0.1, 0.15) is 64.1 Å². The van der Waals surface area contributed by atoms with E-state index in [9.17, 15) is 9.59 Å². The third-order valence-corrected chi connectivity index (χ3v) is 7.96. The van der Waals surface area contributed by atoms with Crippen molar-refractivity contribution in [3.05, 3.63) is 64.8 Å². The average molecular weight is 563 g/mol. The number of likely N-dealkylation sites (tertiary alicyclic amines) is 1. The van der Waals surface area contributed by atoms with Crippen molar-refractivity contribution in [2.45, 2.75) is 64.9 Å². The number of hydrogen-bond donors (Lipinski definition) is 1. The van der Waals surface area contributed by atoms with Crippen LogP contribution in [0.5, 0.6) is 0 Å². The van der Waals surface area contributed by atoms with Crippen LogP contribution in [0, 0.1) is 5.92 Å². The molecule has 2 aliphatic rings. The topological polar surface area (TPSA) is 74.8 Å². The molecule has 40 heavy (non-hydrogen) atoms. The Morgan fingerprint density at radius 3 is 2.48 bits per heavy atom. The molecule has 2 aromatic carbocycles. The van der Waals surface area contributed by atoms with Crippen molar-refractivity contribution in [3.8, 4) is 0 Å². The number of fused-ring (bicyclic) bond motifs is 1. The van der Waals surface area contributed by atoms with Crippen LogP contribution in [0.3, 0.4) is 0 Å². The first-order valence-corrected chi connectivity index (χ1v) is 14.7. The van der Waals surface area contributed by atoms with Crippen molar-refractivity contribution >= 4 is 45.9 Å². The van der Waals surface area contributed by atoms with E-state index in [0.717, 1.165) is 53.8 Å². The third-order valence-electron chi connectivity index (χ3n) is 7.71. The molecule has 2 aliphatic heterocycles. The van der Waals surface area contributed by atoms with Gasteiger partial charge in [-0.15, -0.1) is 0 Å². The summed E-state index contributed by atoms with van der Waals surface area (Å²) in [5.74, 6) is -0.548. The maximum Gasteiger partial charge on any atom is 0.410 e. The summed E-state index contributed by atoms with van der Waals surface area (Å²) in [7, 11) is 0. The van der Waals surface area contributed by atoms with E-state index < -0.39 is 5.60 Å². The van der Waals surface area contributed by atoms with Gasteiger partial charge in [-0.2, -0.15) is 0 Å². The van der Waals surface area contributed by atoms with Gasteiger partial charge in [0, 0.05) is 65.5 Å². The van der Waals surface area contributed by atoms with Gasteiger partial charge in [0.2, 0.25) is 5.91 Å². The van der Waals surface area contributed by atoms with Crippen molar-refractivity contribution in [2.75, 3.05) is 36.4 Å². The van der Waals surface area contributed by atoms with E-state index in [1.54, 1.807) is 4.90 Å². The van der Waals surface area contributed by atoms with E-state index in [-0.39, 0.29) is 23.8 Å². The Balaban J connectivity index is 1.40. The number of rotatable bonds is 6. The number of amides is 2. The molecule has 1 aromatic heterocycles. The summed E-state index contributed by atoms with van der Waals surface area (Å²) in [5.41, 5.74) is 4.41. The van der Waals surface area contributed by atoms with Crippen LogP contribution in [0.25, 0.3) is 10.9 Å². The minimum absolute atomic E-state index is 0.0517. The van der Waals surface area contributed by atoms with Gasteiger partial charge in [-0.3, -0.25) is 9.78 Å². The first kappa shape index (κ1) is 28.2. The fourth-order valence-electron chi connectivity index (χ4n) is 5.58. The fraction of sp³-hybridized carbons (Fsp3) is 0.469. The zero-order chi connectivity index (χ0) is 28.4. The van der Waals surface area contributed by atoms with Gasteiger partial charge in [-0.05, 0) is 82.0 Å². The average Bonchev–Trinajstić information content (AvgIpc) is 2.87. The number of piperidine rings is 1. The Kier molecular flexibility index (Phi) is 8.22. The second kappa shape index (κ2) is 11.7. The van der Waals surface area contributed by atoms with E-state index in [4.69, 9.17) is 21.3 Å². The zero-order valence-corrected chi connectivity index (χ0v) is 24.6. The monoisotopic (exact) mass is 562 g/mol. The number of nitrogens with one attached hydrogen (secondary N) is 1. The summed E-state index contributed by atoms with van der Waals surface area (Å²) < 4.78 is 5.64. The number of benzene rings is 2. The van der Waals surface area contributed by atoms with Crippen LogP contribution in [0.15, 0.2) is 48.5 Å². The summed E-state index contributed by atoms with van der Waals surface area (Å²) in [5, 5.41) is 4.89. The quantitative estimate of drug-likeness (QED) is 0.349. The molecular weight excluding hydrogens is 524 g/mol. The lowest BCUT2D eigenvalue weighted by atomic mass is 9.80. The number of aromatic nitrogens is 1. The van der Waals surface area contributed by atoms with Gasteiger partial charge in [0.25, 0.3) is 0 Å². The zero-order valence-electron chi connectivity index (χ0n) is 23.9. The summed E-state index contributed by atoms with van der Waals surface area (Å²) in [6, 6.07) is 15.8. The summed E-state index contributed by atoms with van der Waals surface area (Å²) in [6.45, 7) is 10.7. The highest BCUT2D eigenvalue weighted by atomic mass is 35.5. The summed E-state index contributed by atoms with van der Waals surface area (Å²) in [4.78, 5) is 35.7. The number of hydrogen-bond acceptors (Lipinski definition) is 5. The van der Waals surface area contributed by atoms with Crippen LogP contribution < -0.4 is 10.2 Å². The third kappa shape index (κ3) is 6.35. The largest absolute Gasteiger partial charge is 0.444 e. The van der Waals surface area contributed by atoms with Gasteiger partial charge in [0.15, 0.2) is 0 Å². The van der Waals surface area contributed by atoms with Gasteiger partial charge in [0.05, 0.1) is 5.52 Å². The molecule has 1 N–H and O–H groups in total. The van der Waals surface area contributed by atoms with Crippen molar-refractivity contribution in [2.24, 2.45) is 5.92 Å². The molecule has 0 aliphatic carbocycles. The molecule has 0 bridgehead atoms. The van der Waals surface area contributed by atoms with E-state index in [1.165, 1.54) is 12.1 Å². The maximum atomic E-state index is 13.8. The number of anilines is 2. The lowest BCUT2D eigenvalue weighted by molar-refractivity contribution is -0.122. The molecular formula is C32H39ClN4O3. The number of carbonyl (C=O) groups excluding carboxylic acids is 2. The van der Waals surface area contributed by atoms with Crippen molar-refractivity contribution < 1.29 is 14.3 Å². The smallest absolute Gasteiger partial charge is 0.410 e. The number of aryl methyl sites for hydroxylation is 1. The molecule has 2 amide bonds. The van der Waals surface area contributed by atoms with Crippen LogP contribution in [0.2, 0.25) is 5.02 Å². The molecule has 0 radical (unpaired) electrons. The predicted octanol–water partition coefficient (Wildman–Crippen LogP) is 7.03. The summed E-state index contributed by atoms with van der Waals surface area (Å²) >= 11 is 6.16. The number of ether oxygens (including phenoxy) is 1. The Bertz CT molecular complexity index is 1380. The predicted molar refractivity (Wildman–Crippen MR) is 161 cm³/mol. The van der Waals surface area contributed by atoms with Gasteiger partial charge in [-0.25, -0.2) is 4.79 Å². The molecule has 7 nitrogen and oxygen atoms in total. The Morgan fingerprint density at radius 2 is 1.82 bits per heavy atom. The minimum atomic E-state index is -0.585. The molecule has 2 unspecified atom stereocenters. The molecule has 5 rings (SSSR count). The van der Waals surface area contributed by atoms with Gasteiger partial charge in [-0.1, -0.05) is 37.1 Å². The molecule has 2 saturated heterocycles. The van der Waals surface area contributed by atoms with Crippen LogP contribution in [-0.4, -0.2) is 53.7 Å². The van der Waals surface area contributed by atoms with Gasteiger partial charge in [0.1, 0.15) is 5.60 Å². The Hall–Kier alpha value is -3.32. The lowest BCUT2D eigenvalue weighted by Crippen LogP contribution is -2.47. The number of halogens is 1. The van der Waals surface area contributed by atoms with Crippen molar-refractivity contribution in [3.63, 3.8) is 0 Å². The lowest BCUT2D eigenvalue weighted by Gasteiger charge is -2.38. The molecule has 0 saturated carbocycles. The Morgan fingerprint density at radius 1 is 1.07 bits per heavy atom. The molecule has 2 atom stereocenters. The van der Waals surface area contributed by atoms with E-state index in [0.29, 0.717) is 24.5 Å². The van der Waals surface area contributed by atoms with Crippen LogP contribution >= 0.6 is 11.6 Å². The minimum Gasteiger partial charge on any atom is -0.444 e. The van der Waals surface area contributed by atoms with Gasteiger partial charge >= 0.3 is 6.09 Å². The summed E-state index contributed by atoms with van der Waals surface area (Å²) in [6.07, 6.45) is 3.37. The first-order chi connectivity index (χ1) is 19.1. The van der Waals surface area contributed by atoms with Crippen LogP contribution in [-0.2, 0) is 16.0 Å². The highest BCUT2D eigenvalue weighted by molar-refractivity contribution is 6.30. The SMILES string of the molecule is CCCc1cc(N2CCC2)c2cc(NC(=O)C3CCN(C(=O)OC(C)(C)C)CC3c3ccc(Cl)cc3)ccc2n1. The standard InChI is InChI=1S/C32H39ClN4O3/c1-5-7-23-19-29(36-15-6-16-36)26-18-24(12-13-28(26)34-23)35-30(38)25-14-17-37(31(39)40-32(2,3)4)20-27(25)21-8-10-22(33)11-9-21/h8-13,18-19,25,27H,5-7,14-17,20H2,1-4H3,(H,35,38). The van der Waals surface area contributed by atoms with Gasteiger partial charge < -0.3 is 19.9 Å². The molecule has 3 aromatic rings. The maximum absolute atomic E-state index is 13.8. The Labute approximate surface area is 241 Å². The normalized spacial score (nSPS) is 19.3. The molecule has 212 valence electrons. The molecule has 2 fully saturated rings. The first-order valence-electron chi connectivity index (χ1n) is 14.3. The van der Waals surface area contributed by atoms with Crippen molar-refractivity contribution in [1.82, 2.24) is 9.88 Å². The van der Waals surface area contributed by atoms with E-state index in [2.05, 4.69) is 29.3 Å². The van der Waals surface area contributed by atoms with Crippen molar-refractivity contribution in [1.29, 1.82) is 0 Å². The van der Waals surface area contributed by atoms with E-state index >= 15 is 0 Å². The molecule has 3 heterocycles.